The number of carbonyl (C=O) groups excluding carboxylic acids is 1. The second-order valence-electron chi connectivity index (χ2n) is 5.93. The van der Waals surface area contributed by atoms with Crippen molar-refractivity contribution in [2.45, 2.75) is 39.4 Å². The number of rotatable bonds is 6. The van der Waals surface area contributed by atoms with Crippen LogP contribution in [0, 0.1) is 0 Å². The predicted molar refractivity (Wildman–Crippen MR) is 101 cm³/mol. The monoisotopic (exact) mass is 416 g/mol. The van der Waals surface area contributed by atoms with E-state index in [4.69, 9.17) is 20.4 Å². The highest BCUT2D eigenvalue weighted by atomic mass is 19.4. The molecule has 10 heteroatoms. The van der Waals surface area contributed by atoms with Gasteiger partial charge in [-0.15, -0.1) is 0 Å². The average Bonchev–Trinajstić information content (AvgIpc) is 2.66. The predicted octanol–water partition coefficient (Wildman–Crippen LogP) is 2.72. The van der Waals surface area contributed by atoms with E-state index < -0.39 is 18.1 Å². The third kappa shape index (κ3) is 6.60. The summed E-state index contributed by atoms with van der Waals surface area (Å²) in [5.41, 5.74) is 7.24. The molecule has 0 bridgehead atoms. The Bertz CT molecular complexity index is 922. The maximum absolute atomic E-state index is 12.6. The van der Waals surface area contributed by atoms with E-state index in [1.165, 1.54) is 0 Å². The first kappa shape index (κ1) is 24.2. The number of esters is 1. The number of aryl methyl sites for hydroxylation is 2. The molecule has 0 amide bonds. The van der Waals surface area contributed by atoms with Gasteiger partial charge in [0.25, 0.3) is 0 Å². The zero-order valence-electron chi connectivity index (χ0n) is 16.1. The lowest BCUT2D eigenvalue weighted by Gasteiger charge is -2.12. The molecule has 0 saturated heterocycles. The number of aromatic nitrogens is 1. The van der Waals surface area contributed by atoms with Crippen molar-refractivity contribution in [3.8, 4) is 0 Å². The van der Waals surface area contributed by atoms with Crippen LogP contribution in [0.3, 0.4) is 0 Å². The molecule has 0 spiro atoms. The first-order valence-corrected chi connectivity index (χ1v) is 8.90. The second kappa shape index (κ2) is 10.6. The zero-order valence-corrected chi connectivity index (χ0v) is 16.1. The normalized spacial score (nSPS) is 11.0. The number of benzene rings is 1. The molecular formula is C19H23F3N2O5. The molecule has 0 fully saturated rings. The first-order valence-electron chi connectivity index (χ1n) is 8.90. The summed E-state index contributed by atoms with van der Waals surface area (Å²) < 4.78 is 38.6. The summed E-state index contributed by atoms with van der Waals surface area (Å²) in [6, 6.07) is 5.80. The number of alkyl halides is 3. The van der Waals surface area contributed by atoms with Crippen LogP contribution >= 0.6 is 0 Å². The minimum absolute atomic E-state index is 0.0900. The number of carboxylic acid groups (broad SMARTS) is 1. The van der Waals surface area contributed by atoms with E-state index in [-0.39, 0.29) is 17.6 Å². The van der Waals surface area contributed by atoms with E-state index in [1.54, 1.807) is 13.1 Å². The van der Waals surface area contributed by atoms with Gasteiger partial charge in [-0.05, 0) is 50.9 Å². The van der Waals surface area contributed by atoms with Crippen LogP contribution in [0.2, 0.25) is 0 Å². The molecule has 3 N–H and O–H groups in total. The minimum Gasteiger partial charge on any atom is -0.475 e. The summed E-state index contributed by atoms with van der Waals surface area (Å²) in [7, 11) is 0. The Hall–Kier alpha value is -2.88. The lowest BCUT2D eigenvalue weighted by Crippen LogP contribution is -2.21. The van der Waals surface area contributed by atoms with Crippen molar-refractivity contribution in [3.63, 3.8) is 0 Å². The third-order valence-electron chi connectivity index (χ3n) is 3.89. The second-order valence-corrected chi connectivity index (χ2v) is 5.93. The number of ether oxygens (including phenoxy) is 1. The van der Waals surface area contributed by atoms with E-state index in [0.29, 0.717) is 18.5 Å². The Kier molecular flexibility index (Phi) is 8.84. The number of carbonyl (C=O) groups is 2. The highest BCUT2D eigenvalue weighted by Gasteiger charge is 2.38. The molecule has 29 heavy (non-hydrogen) atoms. The van der Waals surface area contributed by atoms with Crippen LogP contribution in [-0.2, 0) is 22.5 Å². The van der Waals surface area contributed by atoms with Crippen molar-refractivity contribution in [2.24, 2.45) is 5.73 Å². The van der Waals surface area contributed by atoms with Crippen LogP contribution < -0.4 is 11.2 Å². The van der Waals surface area contributed by atoms with E-state index in [9.17, 15) is 22.8 Å². The third-order valence-corrected chi connectivity index (χ3v) is 3.89. The van der Waals surface area contributed by atoms with Gasteiger partial charge in [0.15, 0.2) is 0 Å². The highest BCUT2D eigenvalue weighted by Crippen LogP contribution is 2.16. The molecule has 0 radical (unpaired) electrons. The largest absolute Gasteiger partial charge is 0.490 e. The summed E-state index contributed by atoms with van der Waals surface area (Å²) in [5, 5.41) is 7.68. The molecule has 0 unspecified atom stereocenters. The van der Waals surface area contributed by atoms with Crippen LogP contribution in [0.25, 0.3) is 10.9 Å². The van der Waals surface area contributed by atoms with Crippen molar-refractivity contribution in [3.05, 3.63) is 45.7 Å². The van der Waals surface area contributed by atoms with E-state index in [2.05, 4.69) is 0 Å². The van der Waals surface area contributed by atoms with Crippen molar-refractivity contribution in [1.29, 1.82) is 0 Å². The van der Waals surface area contributed by atoms with Crippen LogP contribution in [0.1, 0.15) is 36.2 Å². The van der Waals surface area contributed by atoms with E-state index in [0.717, 1.165) is 23.9 Å². The van der Waals surface area contributed by atoms with Crippen molar-refractivity contribution in [1.82, 2.24) is 4.57 Å². The molecule has 0 aliphatic heterocycles. The summed E-state index contributed by atoms with van der Waals surface area (Å²) in [5.74, 6) is -3.32. The first-order chi connectivity index (χ1) is 13.6. The van der Waals surface area contributed by atoms with Gasteiger partial charge >= 0.3 is 18.1 Å². The number of hydrogen-bond acceptors (Lipinski definition) is 5. The SMILES string of the molecule is CCOC(=O)c1cn(CC)c2ccc(CCCN)cc2c1=O.O=C(O)C(F)(F)F. The number of halogens is 3. The molecule has 0 atom stereocenters. The number of nitrogens with zero attached hydrogens (tertiary/aromatic N) is 1. The number of pyridine rings is 1. The Morgan fingerprint density at radius 2 is 1.86 bits per heavy atom. The summed E-state index contributed by atoms with van der Waals surface area (Å²) in [6.07, 6.45) is -1.81. The Balaban J connectivity index is 0.000000516. The number of hydrogen-bond donors (Lipinski definition) is 2. The highest BCUT2D eigenvalue weighted by molar-refractivity contribution is 5.93. The fraction of sp³-hybridized carbons (Fsp3) is 0.421. The lowest BCUT2D eigenvalue weighted by atomic mass is 10.0. The molecule has 1 aromatic carbocycles. The Labute approximate surface area is 164 Å². The number of carboxylic acids is 1. The number of fused-ring (bicyclic) bond motifs is 1. The lowest BCUT2D eigenvalue weighted by molar-refractivity contribution is -0.192. The van der Waals surface area contributed by atoms with Crippen LogP contribution in [-0.4, -0.2) is 40.9 Å². The standard InChI is InChI=1S/C17H22N2O3.C2HF3O2/c1-3-19-11-14(17(21)22-4-2)16(20)13-10-12(6-5-9-18)7-8-15(13)19;3-2(4,5)1(6)7/h7-8,10-11H,3-6,9,18H2,1-2H3;(H,6,7). The smallest absolute Gasteiger partial charge is 0.475 e. The van der Waals surface area contributed by atoms with Gasteiger partial charge in [0.2, 0.25) is 5.43 Å². The maximum Gasteiger partial charge on any atom is 0.490 e. The molecular weight excluding hydrogens is 393 g/mol. The summed E-state index contributed by atoms with van der Waals surface area (Å²) >= 11 is 0. The zero-order chi connectivity index (χ0) is 22.2. The van der Waals surface area contributed by atoms with Gasteiger partial charge in [0, 0.05) is 18.1 Å². The van der Waals surface area contributed by atoms with Gasteiger partial charge in [-0.25, -0.2) is 9.59 Å². The Morgan fingerprint density at radius 3 is 2.34 bits per heavy atom. The molecule has 0 saturated carbocycles. The fourth-order valence-electron chi connectivity index (χ4n) is 2.52. The quantitative estimate of drug-likeness (QED) is 0.701. The van der Waals surface area contributed by atoms with Gasteiger partial charge in [-0.1, -0.05) is 6.07 Å². The summed E-state index contributed by atoms with van der Waals surface area (Å²) in [6.45, 7) is 5.23. The van der Waals surface area contributed by atoms with Crippen LogP contribution in [0.4, 0.5) is 13.2 Å². The van der Waals surface area contributed by atoms with Crippen molar-refractivity contribution >= 4 is 22.8 Å². The molecule has 7 nitrogen and oxygen atoms in total. The maximum atomic E-state index is 12.6. The molecule has 1 aromatic heterocycles. The van der Waals surface area contributed by atoms with Gasteiger partial charge in [0.1, 0.15) is 5.56 Å². The molecule has 2 aromatic rings. The van der Waals surface area contributed by atoms with Crippen LogP contribution in [0.15, 0.2) is 29.2 Å². The van der Waals surface area contributed by atoms with Crippen molar-refractivity contribution in [2.75, 3.05) is 13.2 Å². The number of aliphatic carboxylic acids is 1. The summed E-state index contributed by atoms with van der Waals surface area (Å²) in [4.78, 5) is 33.5. The van der Waals surface area contributed by atoms with Gasteiger partial charge < -0.3 is 20.1 Å². The molecule has 1 heterocycles. The molecule has 2 rings (SSSR count). The molecule has 0 aliphatic rings. The van der Waals surface area contributed by atoms with Gasteiger partial charge in [-0.2, -0.15) is 13.2 Å². The van der Waals surface area contributed by atoms with Gasteiger partial charge in [-0.3, -0.25) is 4.79 Å². The van der Waals surface area contributed by atoms with Gasteiger partial charge in [0.05, 0.1) is 12.1 Å². The molecule has 160 valence electrons. The topological polar surface area (TPSA) is 112 Å². The fourth-order valence-corrected chi connectivity index (χ4v) is 2.52. The average molecular weight is 416 g/mol. The Morgan fingerprint density at radius 1 is 1.24 bits per heavy atom. The minimum atomic E-state index is -5.08. The van der Waals surface area contributed by atoms with Crippen molar-refractivity contribution < 1.29 is 32.6 Å². The molecule has 0 aliphatic carbocycles. The van der Waals surface area contributed by atoms with Crippen LogP contribution in [0.5, 0.6) is 0 Å². The number of nitrogens with two attached hydrogens (primary N) is 1. The van der Waals surface area contributed by atoms with E-state index in [1.807, 2.05) is 29.7 Å². The van der Waals surface area contributed by atoms with E-state index >= 15 is 0 Å².